The summed E-state index contributed by atoms with van der Waals surface area (Å²) >= 11 is 0. The Labute approximate surface area is 173 Å². The summed E-state index contributed by atoms with van der Waals surface area (Å²) in [6.45, 7) is 2.96. The van der Waals surface area contributed by atoms with E-state index in [4.69, 9.17) is 20.9 Å². The van der Waals surface area contributed by atoms with E-state index in [2.05, 4.69) is 48.5 Å². The van der Waals surface area contributed by atoms with Crippen LogP contribution in [0.4, 0.5) is 0 Å². The van der Waals surface area contributed by atoms with Crippen LogP contribution in [0.5, 0.6) is 0 Å². The van der Waals surface area contributed by atoms with Crippen LogP contribution < -0.4 is 11.5 Å². The third-order valence-electron chi connectivity index (χ3n) is 5.04. The van der Waals surface area contributed by atoms with Crippen LogP contribution >= 0.6 is 0 Å². The molecule has 0 amide bonds. The standard InChI is InChI=1S/C25H30N2O2/c26-16-18-29-20-19-28-17-15-21-11-13-24(14-12-21)25(27,22-7-3-1-4-8-22)23-9-5-2-6-10-23/h1-14H,15-20,26-27H2. The number of benzene rings is 3. The maximum atomic E-state index is 7.04. The molecule has 0 fully saturated rings. The Bertz CT molecular complexity index is 796. The molecule has 0 atom stereocenters. The monoisotopic (exact) mass is 390 g/mol. The van der Waals surface area contributed by atoms with Crippen LogP contribution in [0.3, 0.4) is 0 Å². The van der Waals surface area contributed by atoms with Gasteiger partial charge in [-0.1, -0.05) is 84.9 Å². The van der Waals surface area contributed by atoms with Gasteiger partial charge in [-0.2, -0.15) is 0 Å². The molecular weight excluding hydrogens is 360 g/mol. The SMILES string of the molecule is NCCOCCOCCc1ccc(C(N)(c2ccccc2)c2ccccc2)cc1. The summed E-state index contributed by atoms with van der Waals surface area (Å²) in [5, 5.41) is 0. The molecule has 3 rings (SSSR count). The van der Waals surface area contributed by atoms with Crippen molar-refractivity contribution < 1.29 is 9.47 Å². The highest BCUT2D eigenvalue weighted by atomic mass is 16.5. The Morgan fingerprint density at radius 1 is 0.586 bits per heavy atom. The number of hydrogen-bond donors (Lipinski definition) is 2. The van der Waals surface area contributed by atoms with E-state index in [0.29, 0.717) is 33.0 Å². The third-order valence-corrected chi connectivity index (χ3v) is 5.04. The molecule has 0 aliphatic carbocycles. The average molecular weight is 391 g/mol. The van der Waals surface area contributed by atoms with Gasteiger partial charge in [-0.05, 0) is 28.7 Å². The zero-order valence-corrected chi connectivity index (χ0v) is 16.8. The first kappa shape index (κ1) is 21.2. The van der Waals surface area contributed by atoms with Crippen LogP contribution in [-0.4, -0.2) is 33.0 Å². The summed E-state index contributed by atoms with van der Waals surface area (Å²) in [5.41, 5.74) is 16.2. The summed E-state index contributed by atoms with van der Waals surface area (Å²) in [5.74, 6) is 0. The zero-order chi connectivity index (χ0) is 20.4. The van der Waals surface area contributed by atoms with Crippen molar-refractivity contribution in [1.29, 1.82) is 0 Å². The Balaban J connectivity index is 1.70. The molecule has 4 nitrogen and oxygen atoms in total. The van der Waals surface area contributed by atoms with Crippen molar-refractivity contribution in [2.75, 3.05) is 33.0 Å². The number of nitrogens with two attached hydrogens (primary N) is 2. The van der Waals surface area contributed by atoms with Gasteiger partial charge in [0.15, 0.2) is 0 Å². The predicted octanol–water partition coefficient (Wildman–Crippen LogP) is 3.47. The molecule has 3 aromatic carbocycles. The first-order chi connectivity index (χ1) is 14.2. The average Bonchev–Trinajstić information content (AvgIpc) is 2.79. The first-order valence-electron chi connectivity index (χ1n) is 10.1. The normalized spacial score (nSPS) is 11.5. The van der Waals surface area contributed by atoms with Crippen LogP contribution in [-0.2, 0) is 21.4 Å². The lowest BCUT2D eigenvalue weighted by Crippen LogP contribution is -2.39. The van der Waals surface area contributed by atoms with Crippen LogP contribution in [0.2, 0.25) is 0 Å². The maximum Gasteiger partial charge on any atom is 0.0922 e. The molecule has 0 heterocycles. The van der Waals surface area contributed by atoms with Gasteiger partial charge in [0.25, 0.3) is 0 Å². The molecule has 0 saturated heterocycles. The van der Waals surface area contributed by atoms with E-state index in [-0.39, 0.29) is 0 Å². The summed E-state index contributed by atoms with van der Waals surface area (Å²) < 4.78 is 10.9. The molecule has 0 bridgehead atoms. The third kappa shape index (κ3) is 5.52. The smallest absolute Gasteiger partial charge is 0.0922 e. The van der Waals surface area contributed by atoms with Crippen molar-refractivity contribution in [3.63, 3.8) is 0 Å². The second-order valence-electron chi connectivity index (χ2n) is 7.00. The van der Waals surface area contributed by atoms with Crippen LogP contribution in [0, 0.1) is 0 Å². The molecule has 4 N–H and O–H groups in total. The van der Waals surface area contributed by atoms with Gasteiger partial charge in [0.1, 0.15) is 0 Å². The molecule has 0 saturated carbocycles. The van der Waals surface area contributed by atoms with Gasteiger partial charge in [-0.25, -0.2) is 0 Å². The minimum atomic E-state index is -0.697. The number of rotatable bonds is 11. The highest BCUT2D eigenvalue weighted by Gasteiger charge is 2.31. The molecule has 29 heavy (non-hydrogen) atoms. The van der Waals surface area contributed by atoms with Gasteiger partial charge in [0.2, 0.25) is 0 Å². The van der Waals surface area contributed by atoms with E-state index >= 15 is 0 Å². The zero-order valence-electron chi connectivity index (χ0n) is 16.8. The summed E-state index contributed by atoms with van der Waals surface area (Å²) in [7, 11) is 0. The predicted molar refractivity (Wildman–Crippen MR) is 118 cm³/mol. The van der Waals surface area contributed by atoms with Gasteiger partial charge in [-0.3, -0.25) is 0 Å². The summed E-state index contributed by atoms with van der Waals surface area (Å²) in [4.78, 5) is 0. The van der Waals surface area contributed by atoms with E-state index in [0.717, 1.165) is 23.1 Å². The Hall–Kier alpha value is -2.50. The van der Waals surface area contributed by atoms with Gasteiger partial charge in [-0.15, -0.1) is 0 Å². The fourth-order valence-electron chi connectivity index (χ4n) is 3.43. The van der Waals surface area contributed by atoms with Crippen LogP contribution in [0.1, 0.15) is 22.3 Å². The minimum absolute atomic E-state index is 0.543. The molecule has 152 valence electrons. The second-order valence-corrected chi connectivity index (χ2v) is 7.00. The largest absolute Gasteiger partial charge is 0.379 e. The molecule has 0 aliphatic heterocycles. The summed E-state index contributed by atoms with van der Waals surface area (Å²) in [6, 6.07) is 29.0. The van der Waals surface area contributed by atoms with Crippen molar-refractivity contribution in [3.05, 3.63) is 107 Å². The molecule has 4 heteroatoms. The van der Waals surface area contributed by atoms with E-state index < -0.39 is 5.54 Å². The van der Waals surface area contributed by atoms with E-state index in [1.165, 1.54) is 5.56 Å². The lowest BCUT2D eigenvalue weighted by molar-refractivity contribution is 0.0519. The molecule has 3 aromatic rings. The Kier molecular flexibility index (Phi) is 7.96. The van der Waals surface area contributed by atoms with Crippen molar-refractivity contribution in [2.45, 2.75) is 12.0 Å². The number of ether oxygens (including phenoxy) is 2. The van der Waals surface area contributed by atoms with Gasteiger partial charge >= 0.3 is 0 Å². The van der Waals surface area contributed by atoms with E-state index in [1.807, 2.05) is 36.4 Å². The van der Waals surface area contributed by atoms with Crippen molar-refractivity contribution in [2.24, 2.45) is 11.5 Å². The van der Waals surface area contributed by atoms with Crippen molar-refractivity contribution in [1.82, 2.24) is 0 Å². The van der Waals surface area contributed by atoms with Crippen LogP contribution in [0.25, 0.3) is 0 Å². The van der Waals surface area contributed by atoms with Crippen molar-refractivity contribution in [3.8, 4) is 0 Å². The highest BCUT2D eigenvalue weighted by molar-refractivity contribution is 5.49. The quantitative estimate of drug-likeness (QED) is 0.388. The lowest BCUT2D eigenvalue weighted by Gasteiger charge is -2.31. The molecule has 0 aliphatic rings. The van der Waals surface area contributed by atoms with Crippen molar-refractivity contribution >= 4 is 0 Å². The summed E-state index contributed by atoms with van der Waals surface area (Å²) in [6.07, 6.45) is 0.853. The molecule has 0 aromatic heterocycles. The Morgan fingerprint density at radius 3 is 1.59 bits per heavy atom. The fourth-order valence-corrected chi connectivity index (χ4v) is 3.43. The second kappa shape index (κ2) is 10.9. The topological polar surface area (TPSA) is 70.5 Å². The highest BCUT2D eigenvalue weighted by Crippen LogP contribution is 2.34. The van der Waals surface area contributed by atoms with E-state index in [9.17, 15) is 0 Å². The Morgan fingerprint density at radius 2 is 1.07 bits per heavy atom. The van der Waals surface area contributed by atoms with Gasteiger partial charge < -0.3 is 20.9 Å². The lowest BCUT2D eigenvalue weighted by atomic mass is 9.78. The fraction of sp³-hybridized carbons (Fsp3) is 0.280. The number of hydrogen-bond acceptors (Lipinski definition) is 4. The molecule has 0 spiro atoms. The van der Waals surface area contributed by atoms with Gasteiger partial charge in [0, 0.05) is 6.54 Å². The first-order valence-corrected chi connectivity index (χ1v) is 10.1. The molecule has 0 unspecified atom stereocenters. The molecule has 0 radical (unpaired) electrons. The van der Waals surface area contributed by atoms with Crippen LogP contribution in [0.15, 0.2) is 84.9 Å². The van der Waals surface area contributed by atoms with Gasteiger partial charge in [0.05, 0.1) is 32.0 Å². The maximum absolute atomic E-state index is 7.04. The van der Waals surface area contributed by atoms with E-state index in [1.54, 1.807) is 0 Å². The molecular formula is C25H30N2O2. The minimum Gasteiger partial charge on any atom is -0.379 e.